The zero-order chi connectivity index (χ0) is 38.6. The Hall–Kier alpha value is -3.84. The zero-order valence-corrected chi connectivity index (χ0v) is 31.8. The van der Waals surface area contributed by atoms with E-state index < -0.39 is 51.5 Å². The minimum absolute atomic E-state index is 0.0348. The number of rotatable bonds is 26. The first-order valence-electron chi connectivity index (χ1n) is 18.6. The summed E-state index contributed by atoms with van der Waals surface area (Å²) in [6.07, 6.45) is 15.0. The third-order valence-electron chi connectivity index (χ3n) is 8.53. The summed E-state index contributed by atoms with van der Waals surface area (Å²) < 4.78 is 112. The van der Waals surface area contributed by atoms with Gasteiger partial charge in [0.15, 0.2) is 17.2 Å². The molecule has 0 bridgehead atoms. The molecule has 2 N–H and O–H groups in total. The maximum absolute atomic E-state index is 14.1. The molecule has 0 unspecified atom stereocenters. The topological polar surface area (TPSA) is 85.9 Å². The first kappa shape index (κ1) is 43.6. The molecule has 294 valence electrons. The Balaban J connectivity index is 1.81. The molecule has 0 atom stereocenters. The fourth-order valence-corrected chi connectivity index (χ4v) is 6.25. The van der Waals surface area contributed by atoms with Gasteiger partial charge < -0.3 is 19.6 Å². The average molecular weight is 769 g/mol. The van der Waals surface area contributed by atoms with Gasteiger partial charge in [-0.05, 0) is 62.9 Å². The van der Waals surface area contributed by atoms with Crippen LogP contribution < -0.4 is 24.5 Å². The van der Waals surface area contributed by atoms with Crippen LogP contribution in [-0.4, -0.2) is 28.2 Å². The highest BCUT2D eigenvalue weighted by Gasteiger charge is 2.27. The molecule has 0 aliphatic rings. The Morgan fingerprint density at radius 2 is 1.13 bits per heavy atom. The Bertz CT molecular complexity index is 1680. The minimum Gasteiger partial charge on any atom is -0.490 e. The van der Waals surface area contributed by atoms with E-state index in [1.807, 2.05) is 6.92 Å². The summed E-state index contributed by atoms with van der Waals surface area (Å²) >= 11 is 0. The highest BCUT2D eigenvalue weighted by atomic mass is 32.2. The van der Waals surface area contributed by atoms with E-state index in [0.717, 1.165) is 50.5 Å². The van der Waals surface area contributed by atoms with Gasteiger partial charge in [-0.2, -0.15) is 8.78 Å². The van der Waals surface area contributed by atoms with Gasteiger partial charge in [0, 0.05) is 5.56 Å². The number of allylic oxidation sites excluding steroid dienone is 1. The zero-order valence-electron chi connectivity index (χ0n) is 31.0. The van der Waals surface area contributed by atoms with E-state index in [1.54, 1.807) is 36.4 Å². The fraction of sp³-hybridized carbons (Fsp3) is 0.500. The number of ether oxygens (including phenoxy) is 3. The second-order valence-electron chi connectivity index (χ2n) is 12.9. The van der Waals surface area contributed by atoms with E-state index in [1.165, 1.54) is 44.2 Å². The second kappa shape index (κ2) is 23.1. The maximum Gasteiger partial charge on any atom is 0.257 e. The number of hydrogen-bond acceptors (Lipinski definition) is 6. The van der Waals surface area contributed by atoms with Gasteiger partial charge in [0.05, 0.1) is 30.4 Å². The predicted octanol–water partition coefficient (Wildman–Crippen LogP) is 10.9. The Morgan fingerprint density at radius 3 is 1.72 bits per heavy atom. The van der Waals surface area contributed by atoms with Crippen LogP contribution in [0.5, 0.6) is 17.2 Å². The van der Waals surface area contributed by atoms with Crippen molar-refractivity contribution >= 4 is 15.7 Å². The van der Waals surface area contributed by atoms with E-state index >= 15 is 0 Å². The predicted molar refractivity (Wildman–Crippen MR) is 198 cm³/mol. The first-order valence-corrected chi connectivity index (χ1v) is 20.1. The number of benzene rings is 3. The van der Waals surface area contributed by atoms with E-state index in [-0.39, 0.29) is 17.7 Å². The van der Waals surface area contributed by atoms with Crippen LogP contribution in [0.25, 0.3) is 5.70 Å². The van der Waals surface area contributed by atoms with Gasteiger partial charge in [-0.25, -0.2) is 21.6 Å². The molecule has 0 heterocycles. The van der Waals surface area contributed by atoms with Crippen molar-refractivity contribution in [3.8, 4) is 17.2 Å². The Labute approximate surface area is 311 Å². The molecule has 0 spiro atoms. The Morgan fingerprint density at radius 1 is 0.623 bits per heavy atom. The van der Waals surface area contributed by atoms with Crippen molar-refractivity contribution in [3.63, 3.8) is 0 Å². The number of nitrogens with one attached hydrogen (secondary N) is 2. The largest absolute Gasteiger partial charge is 0.490 e. The van der Waals surface area contributed by atoms with Crippen LogP contribution in [0.1, 0.15) is 115 Å². The molecule has 13 heteroatoms. The van der Waals surface area contributed by atoms with Crippen molar-refractivity contribution in [1.29, 1.82) is 0 Å². The van der Waals surface area contributed by atoms with Crippen molar-refractivity contribution in [3.05, 3.63) is 88.8 Å². The summed E-state index contributed by atoms with van der Waals surface area (Å²) in [4.78, 5) is 2.43. The van der Waals surface area contributed by atoms with Crippen LogP contribution in [0.15, 0.2) is 53.4 Å². The SMILES string of the molecule is CCCCCCCCOc1ccc(C(=CCCCOc2c(F)c(F)c(F)c(F)c2F)NNS(=O)(=O)c2ccc(C)cc2)cc1OCCCCCCCC. The molecular formula is C40H53F5N2O5S. The second-order valence-corrected chi connectivity index (χ2v) is 14.6. The van der Waals surface area contributed by atoms with E-state index in [9.17, 15) is 30.4 Å². The third-order valence-corrected chi connectivity index (χ3v) is 9.79. The number of unbranched alkanes of at least 4 members (excludes halogenated alkanes) is 11. The molecule has 0 saturated heterocycles. The minimum atomic E-state index is -4.01. The molecule has 7 nitrogen and oxygen atoms in total. The molecule has 53 heavy (non-hydrogen) atoms. The maximum atomic E-state index is 14.1. The van der Waals surface area contributed by atoms with Gasteiger partial charge in [-0.15, -0.1) is 4.83 Å². The van der Waals surface area contributed by atoms with Crippen LogP contribution in [0.4, 0.5) is 22.0 Å². The first-order chi connectivity index (χ1) is 25.5. The van der Waals surface area contributed by atoms with E-state index in [0.29, 0.717) is 36.0 Å². The summed E-state index contributed by atoms with van der Waals surface area (Å²) in [5.41, 5.74) is 4.54. The van der Waals surface area contributed by atoms with Crippen molar-refractivity contribution in [2.45, 2.75) is 116 Å². The van der Waals surface area contributed by atoms with Crippen LogP contribution in [0.2, 0.25) is 0 Å². The number of halogens is 5. The molecule has 0 aliphatic heterocycles. The summed E-state index contributed by atoms with van der Waals surface area (Å²) in [7, 11) is -4.01. The molecule has 3 aromatic carbocycles. The Kier molecular flexibility index (Phi) is 19.0. The molecule has 0 saturated carbocycles. The monoisotopic (exact) mass is 768 g/mol. The van der Waals surface area contributed by atoms with Gasteiger partial charge in [0.2, 0.25) is 29.1 Å². The highest BCUT2D eigenvalue weighted by Crippen LogP contribution is 2.32. The third kappa shape index (κ3) is 14.1. The molecule has 0 fully saturated rings. The summed E-state index contributed by atoms with van der Waals surface area (Å²) in [6.45, 7) is 6.77. The average Bonchev–Trinajstić information content (AvgIpc) is 3.15. The molecule has 0 radical (unpaired) electrons. The normalized spacial score (nSPS) is 11.9. The fourth-order valence-electron chi connectivity index (χ4n) is 5.39. The van der Waals surface area contributed by atoms with Gasteiger partial charge in [-0.1, -0.05) is 102 Å². The summed E-state index contributed by atoms with van der Waals surface area (Å²) in [6, 6.07) is 11.6. The molecule has 0 aromatic heterocycles. The van der Waals surface area contributed by atoms with Crippen molar-refractivity contribution < 1.29 is 44.6 Å². The molecular weight excluding hydrogens is 716 g/mol. The number of sulfonamides is 1. The lowest BCUT2D eigenvalue weighted by atomic mass is 10.1. The van der Waals surface area contributed by atoms with E-state index in [2.05, 4.69) is 24.1 Å². The van der Waals surface area contributed by atoms with Crippen molar-refractivity contribution in [2.24, 2.45) is 0 Å². The standard InChI is InChI=1S/C40H53F5N2O5S/c1-4-6-8-10-12-15-25-50-33-24-21-30(28-34(33)51-26-16-13-11-9-7-5-2)32(46-47-53(48,49)31-22-19-29(3)20-23-31)18-14-17-27-52-40-38(44)36(42)35(41)37(43)39(40)45/h18-24,28,46-47H,4-17,25-27H2,1-3H3. The molecule has 0 amide bonds. The summed E-state index contributed by atoms with van der Waals surface area (Å²) in [5, 5.41) is 0. The highest BCUT2D eigenvalue weighted by molar-refractivity contribution is 7.89. The number of hydrazine groups is 1. The van der Waals surface area contributed by atoms with E-state index in [4.69, 9.17) is 14.2 Å². The number of aryl methyl sites for hydroxylation is 1. The van der Waals surface area contributed by atoms with Gasteiger partial charge in [0.1, 0.15) is 0 Å². The van der Waals surface area contributed by atoms with Crippen LogP contribution in [0.3, 0.4) is 0 Å². The molecule has 0 aliphatic carbocycles. The molecule has 3 aromatic rings. The smallest absolute Gasteiger partial charge is 0.257 e. The lowest BCUT2D eigenvalue weighted by molar-refractivity contribution is 0.258. The molecule has 3 rings (SSSR count). The summed E-state index contributed by atoms with van der Waals surface area (Å²) in [5.74, 6) is -10.9. The number of hydrogen-bond donors (Lipinski definition) is 2. The van der Waals surface area contributed by atoms with Crippen LogP contribution in [-0.2, 0) is 10.0 Å². The van der Waals surface area contributed by atoms with Crippen LogP contribution in [0, 0.1) is 36.0 Å². The van der Waals surface area contributed by atoms with Gasteiger partial charge in [0.25, 0.3) is 10.0 Å². The lowest BCUT2D eigenvalue weighted by Crippen LogP contribution is -2.36. The van der Waals surface area contributed by atoms with Crippen LogP contribution >= 0.6 is 0 Å². The lowest BCUT2D eigenvalue weighted by Gasteiger charge is -2.17. The van der Waals surface area contributed by atoms with Crippen molar-refractivity contribution in [2.75, 3.05) is 19.8 Å². The quantitative estimate of drug-likeness (QED) is 0.0278. The van der Waals surface area contributed by atoms with Gasteiger partial charge >= 0.3 is 0 Å². The van der Waals surface area contributed by atoms with Crippen molar-refractivity contribution in [1.82, 2.24) is 10.3 Å². The van der Waals surface area contributed by atoms with Gasteiger partial charge in [-0.3, -0.25) is 0 Å².